The first kappa shape index (κ1) is 17.2. The van der Waals surface area contributed by atoms with Crippen molar-refractivity contribution in [1.29, 1.82) is 0 Å². The molecule has 4 heteroatoms. The van der Waals surface area contributed by atoms with Crippen molar-refractivity contribution in [3.8, 4) is 11.5 Å². The Kier molecular flexibility index (Phi) is 5.81. The van der Waals surface area contributed by atoms with Crippen LogP contribution in [0.5, 0.6) is 11.5 Å². The van der Waals surface area contributed by atoms with E-state index in [9.17, 15) is 0 Å². The number of hydrogen-bond donors (Lipinski definition) is 1. The molecular weight excluding hydrogens is 334 g/mol. The van der Waals surface area contributed by atoms with Crippen LogP contribution in [-0.2, 0) is 13.2 Å². The summed E-state index contributed by atoms with van der Waals surface area (Å²) in [5.41, 5.74) is 3.18. The van der Waals surface area contributed by atoms with Gasteiger partial charge >= 0.3 is 0 Å². The predicted octanol–water partition coefficient (Wildman–Crippen LogP) is 5.54. The Morgan fingerprint density at radius 2 is 1.72 bits per heavy atom. The molecule has 0 amide bonds. The van der Waals surface area contributed by atoms with E-state index in [4.69, 9.17) is 21.1 Å². The first-order chi connectivity index (χ1) is 12.2. The number of para-hydroxylation sites is 1. The van der Waals surface area contributed by atoms with Crippen LogP contribution in [0.25, 0.3) is 0 Å². The molecule has 3 nitrogen and oxygen atoms in total. The van der Waals surface area contributed by atoms with E-state index in [1.54, 1.807) is 7.11 Å². The summed E-state index contributed by atoms with van der Waals surface area (Å²) in [6.45, 7) is 1.16. The summed E-state index contributed by atoms with van der Waals surface area (Å²) >= 11 is 6.02. The molecule has 0 radical (unpaired) electrons. The van der Waals surface area contributed by atoms with E-state index >= 15 is 0 Å². The van der Waals surface area contributed by atoms with Crippen molar-refractivity contribution in [2.24, 2.45) is 0 Å². The van der Waals surface area contributed by atoms with Crippen LogP contribution < -0.4 is 14.8 Å². The number of ether oxygens (including phenoxy) is 2. The van der Waals surface area contributed by atoms with E-state index < -0.39 is 0 Å². The van der Waals surface area contributed by atoms with Gasteiger partial charge in [-0.1, -0.05) is 41.9 Å². The first-order valence-corrected chi connectivity index (χ1v) is 8.45. The Hall–Kier alpha value is -2.65. The molecule has 0 aliphatic heterocycles. The fourth-order valence-electron chi connectivity index (χ4n) is 2.48. The third-order valence-electron chi connectivity index (χ3n) is 3.83. The molecule has 25 heavy (non-hydrogen) atoms. The molecule has 0 aromatic heterocycles. The summed E-state index contributed by atoms with van der Waals surface area (Å²) in [5, 5.41) is 4.12. The number of rotatable bonds is 7. The van der Waals surface area contributed by atoms with Gasteiger partial charge in [0.2, 0.25) is 0 Å². The average Bonchev–Trinajstić information content (AvgIpc) is 2.66. The van der Waals surface area contributed by atoms with Crippen molar-refractivity contribution in [1.82, 2.24) is 0 Å². The van der Waals surface area contributed by atoms with E-state index in [0.717, 1.165) is 33.3 Å². The standard InChI is InChI=1S/C21H20ClNO2/c1-24-20-11-9-19(10-12-20)23-14-17-6-2-3-8-21(17)25-15-16-5-4-7-18(22)13-16/h2-13,23H,14-15H2,1H3. The molecule has 0 saturated carbocycles. The molecule has 3 rings (SSSR count). The van der Waals surface area contributed by atoms with E-state index in [0.29, 0.717) is 13.2 Å². The van der Waals surface area contributed by atoms with Gasteiger partial charge in [0.1, 0.15) is 18.1 Å². The minimum absolute atomic E-state index is 0.486. The van der Waals surface area contributed by atoms with Crippen molar-refractivity contribution in [2.75, 3.05) is 12.4 Å². The van der Waals surface area contributed by atoms with Crippen LogP contribution in [0.4, 0.5) is 5.69 Å². The second-order valence-corrected chi connectivity index (χ2v) is 6.04. The topological polar surface area (TPSA) is 30.5 Å². The van der Waals surface area contributed by atoms with Crippen LogP contribution in [0.1, 0.15) is 11.1 Å². The molecule has 0 aliphatic rings. The predicted molar refractivity (Wildman–Crippen MR) is 103 cm³/mol. The molecule has 3 aromatic carbocycles. The fraction of sp³-hybridized carbons (Fsp3) is 0.143. The van der Waals surface area contributed by atoms with Crippen LogP contribution in [0.15, 0.2) is 72.8 Å². The zero-order chi connectivity index (χ0) is 17.5. The third-order valence-corrected chi connectivity index (χ3v) is 4.06. The van der Waals surface area contributed by atoms with E-state index in [1.807, 2.05) is 66.7 Å². The van der Waals surface area contributed by atoms with Crippen LogP contribution in [-0.4, -0.2) is 7.11 Å². The Balaban J connectivity index is 1.63. The van der Waals surface area contributed by atoms with Gasteiger partial charge in [-0.25, -0.2) is 0 Å². The third kappa shape index (κ3) is 4.91. The highest BCUT2D eigenvalue weighted by Crippen LogP contribution is 2.22. The van der Waals surface area contributed by atoms with Crippen LogP contribution in [0.2, 0.25) is 5.02 Å². The number of halogens is 1. The molecule has 0 unspecified atom stereocenters. The quantitative estimate of drug-likeness (QED) is 0.605. The second-order valence-electron chi connectivity index (χ2n) is 5.61. The van der Waals surface area contributed by atoms with Gasteiger partial charge in [0, 0.05) is 22.8 Å². The number of nitrogens with one attached hydrogen (secondary N) is 1. The molecule has 0 saturated heterocycles. The highest BCUT2D eigenvalue weighted by atomic mass is 35.5. The summed E-state index contributed by atoms with van der Waals surface area (Å²) in [5.74, 6) is 1.71. The van der Waals surface area contributed by atoms with Gasteiger partial charge in [-0.2, -0.15) is 0 Å². The molecular formula is C21H20ClNO2. The van der Waals surface area contributed by atoms with Gasteiger partial charge in [-0.05, 0) is 48.0 Å². The second kappa shape index (κ2) is 8.45. The summed E-state index contributed by atoms with van der Waals surface area (Å²) in [6, 6.07) is 23.6. The SMILES string of the molecule is COc1ccc(NCc2ccccc2OCc2cccc(Cl)c2)cc1. The normalized spacial score (nSPS) is 10.3. The van der Waals surface area contributed by atoms with E-state index in [2.05, 4.69) is 11.4 Å². The molecule has 0 fully saturated rings. The van der Waals surface area contributed by atoms with Crippen molar-refractivity contribution in [2.45, 2.75) is 13.2 Å². The largest absolute Gasteiger partial charge is 0.497 e. The van der Waals surface area contributed by atoms with Gasteiger partial charge in [0.15, 0.2) is 0 Å². The Bertz CT molecular complexity index is 818. The maximum Gasteiger partial charge on any atom is 0.124 e. The summed E-state index contributed by atoms with van der Waals surface area (Å²) in [7, 11) is 1.66. The van der Waals surface area contributed by atoms with Crippen molar-refractivity contribution in [3.63, 3.8) is 0 Å². The lowest BCUT2D eigenvalue weighted by molar-refractivity contribution is 0.303. The minimum Gasteiger partial charge on any atom is -0.497 e. The van der Waals surface area contributed by atoms with Gasteiger partial charge < -0.3 is 14.8 Å². The minimum atomic E-state index is 0.486. The molecule has 1 N–H and O–H groups in total. The maximum absolute atomic E-state index is 6.02. The molecule has 0 heterocycles. The fourth-order valence-corrected chi connectivity index (χ4v) is 2.70. The van der Waals surface area contributed by atoms with E-state index in [-0.39, 0.29) is 0 Å². The summed E-state index contributed by atoms with van der Waals surface area (Å²) in [4.78, 5) is 0. The molecule has 128 valence electrons. The average molecular weight is 354 g/mol. The summed E-state index contributed by atoms with van der Waals surface area (Å²) in [6.07, 6.45) is 0. The Morgan fingerprint density at radius 1 is 0.920 bits per heavy atom. The lowest BCUT2D eigenvalue weighted by atomic mass is 10.2. The van der Waals surface area contributed by atoms with Gasteiger partial charge in [0.25, 0.3) is 0 Å². The molecule has 0 aliphatic carbocycles. The first-order valence-electron chi connectivity index (χ1n) is 8.07. The van der Waals surface area contributed by atoms with Crippen molar-refractivity contribution < 1.29 is 9.47 Å². The maximum atomic E-state index is 6.02. The van der Waals surface area contributed by atoms with Gasteiger partial charge in [-0.3, -0.25) is 0 Å². The zero-order valence-electron chi connectivity index (χ0n) is 14.0. The Labute approximate surface area is 153 Å². The number of hydrogen-bond acceptors (Lipinski definition) is 3. The Morgan fingerprint density at radius 3 is 2.48 bits per heavy atom. The highest BCUT2D eigenvalue weighted by Gasteiger charge is 2.04. The molecule has 0 atom stereocenters. The smallest absolute Gasteiger partial charge is 0.124 e. The highest BCUT2D eigenvalue weighted by molar-refractivity contribution is 6.30. The number of anilines is 1. The molecule has 3 aromatic rings. The van der Waals surface area contributed by atoms with Crippen LogP contribution >= 0.6 is 11.6 Å². The number of methoxy groups -OCH3 is 1. The van der Waals surface area contributed by atoms with Crippen molar-refractivity contribution in [3.05, 3.63) is 88.9 Å². The summed E-state index contributed by atoms with van der Waals surface area (Å²) < 4.78 is 11.2. The zero-order valence-corrected chi connectivity index (χ0v) is 14.8. The number of benzene rings is 3. The van der Waals surface area contributed by atoms with Crippen molar-refractivity contribution >= 4 is 17.3 Å². The van der Waals surface area contributed by atoms with Gasteiger partial charge in [-0.15, -0.1) is 0 Å². The van der Waals surface area contributed by atoms with Gasteiger partial charge in [0.05, 0.1) is 7.11 Å². The molecule has 0 spiro atoms. The monoisotopic (exact) mass is 353 g/mol. The van der Waals surface area contributed by atoms with E-state index in [1.165, 1.54) is 0 Å². The van der Waals surface area contributed by atoms with Crippen LogP contribution in [0, 0.1) is 0 Å². The lowest BCUT2D eigenvalue weighted by Gasteiger charge is -2.13. The van der Waals surface area contributed by atoms with Crippen LogP contribution in [0.3, 0.4) is 0 Å². The molecule has 0 bridgehead atoms. The lowest BCUT2D eigenvalue weighted by Crippen LogP contribution is -2.03.